The maximum Gasteiger partial charge on any atom is 0.209 e. The van der Waals surface area contributed by atoms with Crippen LogP contribution in [-0.2, 0) is 6.61 Å². The van der Waals surface area contributed by atoms with Crippen LogP contribution in [0.1, 0.15) is 17.5 Å². The molecule has 0 aliphatic rings. The second-order valence-electron chi connectivity index (χ2n) is 9.02. The number of ether oxygens (including phenoxy) is 1. The SMILES string of the molecule is CN(C)CCCNC(=N)N/N=C/c1ccc2ncnc(Nc3ccc(OCc4cccc(F)c4)c(Cl)c3)c2c1. The molecule has 0 amide bonds. The molecule has 11 heteroatoms. The van der Waals surface area contributed by atoms with Crippen molar-refractivity contribution in [2.45, 2.75) is 13.0 Å². The Morgan fingerprint density at radius 2 is 2.00 bits per heavy atom. The molecule has 4 aromatic rings. The molecule has 0 radical (unpaired) electrons. The van der Waals surface area contributed by atoms with Crippen molar-refractivity contribution in [2.24, 2.45) is 5.10 Å². The molecule has 0 unspecified atom stereocenters. The standard InChI is InChI=1S/C28H30ClFN8O/c1-38(2)12-4-11-32-28(31)37-35-16-19-7-9-25-23(14-19)27(34-18-33-25)36-22-8-10-26(24(29)15-22)39-17-20-5-3-6-21(30)13-20/h3,5-10,13-16,18H,4,11-12,17H2,1-2H3,(H3,31,32,37)(H,33,34,36)/b35-16+. The molecule has 202 valence electrons. The first kappa shape index (κ1) is 27.7. The van der Waals surface area contributed by atoms with Crippen molar-refractivity contribution in [3.05, 3.63) is 89.0 Å². The number of guanidine groups is 1. The molecule has 0 aliphatic carbocycles. The normalized spacial score (nSPS) is 11.2. The maximum absolute atomic E-state index is 13.4. The van der Waals surface area contributed by atoms with E-state index in [2.05, 4.69) is 36.0 Å². The van der Waals surface area contributed by atoms with Crippen LogP contribution < -0.4 is 20.8 Å². The summed E-state index contributed by atoms with van der Waals surface area (Å²) in [4.78, 5) is 10.8. The fourth-order valence-electron chi connectivity index (χ4n) is 3.69. The Kier molecular flexibility index (Phi) is 9.60. The predicted octanol–water partition coefficient (Wildman–Crippen LogP) is 5.14. The van der Waals surface area contributed by atoms with Crippen LogP contribution in [0.4, 0.5) is 15.9 Å². The van der Waals surface area contributed by atoms with E-state index in [-0.39, 0.29) is 18.4 Å². The van der Waals surface area contributed by atoms with Crippen molar-refractivity contribution in [2.75, 3.05) is 32.5 Å². The van der Waals surface area contributed by atoms with Gasteiger partial charge in [-0.2, -0.15) is 5.10 Å². The highest BCUT2D eigenvalue weighted by Gasteiger charge is 2.09. The summed E-state index contributed by atoms with van der Waals surface area (Å²) in [6.45, 7) is 1.83. The summed E-state index contributed by atoms with van der Waals surface area (Å²) in [6.07, 6.45) is 4.05. The van der Waals surface area contributed by atoms with E-state index in [1.54, 1.807) is 30.5 Å². The highest BCUT2D eigenvalue weighted by atomic mass is 35.5. The Morgan fingerprint density at radius 3 is 2.79 bits per heavy atom. The first-order valence-corrected chi connectivity index (χ1v) is 12.7. The number of benzene rings is 3. The predicted molar refractivity (Wildman–Crippen MR) is 155 cm³/mol. The van der Waals surface area contributed by atoms with Crippen LogP contribution in [0, 0.1) is 11.2 Å². The summed E-state index contributed by atoms with van der Waals surface area (Å²) in [6, 6.07) is 17.2. The number of rotatable bonds is 11. The van der Waals surface area contributed by atoms with Crippen molar-refractivity contribution < 1.29 is 9.13 Å². The second kappa shape index (κ2) is 13.5. The molecule has 3 aromatic carbocycles. The Hall–Kier alpha value is -4.28. The molecule has 0 saturated heterocycles. The van der Waals surface area contributed by atoms with Crippen LogP contribution in [0.5, 0.6) is 5.75 Å². The zero-order chi connectivity index (χ0) is 27.6. The monoisotopic (exact) mass is 548 g/mol. The molecule has 0 spiro atoms. The fraction of sp³-hybridized carbons (Fsp3) is 0.214. The lowest BCUT2D eigenvalue weighted by Gasteiger charge is -2.12. The largest absolute Gasteiger partial charge is 0.487 e. The minimum absolute atomic E-state index is 0.136. The van der Waals surface area contributed by atoms with Crippen LogP contribution >= 0.6 is 11.6 Å². The van der Waals surface area contributed by atoms with Crippen LogP contribution in [0.15, 0.2) is 72.1 Å². The number of hydrogen-bond donors (Lipinski definition) is 4. The van der Waals surface area contributed by atoms with Crippen molar-refractivity contribution in [1.29, 1.82) is 5.41 Å². The lowest BCUT2D eigenvalue weighted by atomic mass is 10.1. The average Bonchev–Trinajstić information content (AvgIpc) is 2.91. The summed E-state index contributed by atoms with van der Waals surface area (Å²) >= 11 is 6.45. The van der Waals surface area contributed by atoms with E-state index in [9.17, 15) is 4.39 Å². The lowest BCUT2D eigenvalue weighted by molar-refractivity contribution is 0.306. The first-order valence-electron chi connectivity index (χ1n) is 12.3. The molecule has 39 heavy (non-hydrogen) atoms. The van der Waals surface area contributed by atoms with Gasteiger partial charge in [0.15, 0.2) is 0 Å². The van der Waals surface area contributed by atoms with Gasteiger partial charge in [-0.05, 0) is 80.7 Å². The van der Waals surface area contributed by atoms with Crippen LogP contribution in [-0.4, -0.2) is 54.2 Å². The summed E-state index contributed by atoms with van der Waals surface area (Å²) in [5, 5.41) is 19.6. The van der Waals surface area contributed by atoms with E-state index in [0.717, 1.165) is 29.4 Å². The maximum atomic E-state index is 13.4. The molecule has 1 aromatic heterocycles. The van der Waals surface area contributed by atoms with Crippen molar-refractivity contribution in [1.82, 2.24) is 25.6 Å². The Labute approximate surface area is 231 Å². The second-order valence-corrected chi connectivity index (χ2v) is 9.42. The Balaban J connectivity index is 1.39. The zero-order valence-corrected chi connectivity index (χ0v) is 22.5. The van der Waals surface area contributed by atoms with Crippen molar-refractivity contribution in [3.63, 3.8) is 0 Å². The van der Waals surface area contributed by atoms with Gasteiger partial charge in [-0.1, -0.05) is 29.8 Å². The number of hydrazone groups is 1. The minimum Gasteiger partial charge on any atom is -0.487 e. The highest BCUT2D eigenvalue weighted by Crippen LogP contribution is 2.31. The molecular weight excluding hydrogens is 519 g/mol. The highest BCUT2D eigenvalue weighted by molar-refractivity contribution is 6.32. The molecule has 0 bridgehead atoms. The first-order chi connectivity index (χ1) is 18.9. The molecule has 0 atom stereocenters. The van der Waals surface area contributed by atoms with E-state index >= 15 is 0 Å². The van der Waals surface area contributed by atoms with Gasteiger partial charge in [0.05, 0.1) is 16.8 Å². The number of hydrogen-bond acceptors (Lipinski definition) is 7. The van der Waals surface area contributed by atoms with Gasteiger partial charge in [-0.15, -0.1) is 0 Å². The van der Waals surface area contributed by atoms with Gasteiger partial charge in [0.2, 0.25) is 5.96 Å². The van der Waals surface area contributed by atoms with E-state index in [0.29, 0.717) is 34.4 Å². The molecular formula is C28H30ClFN8O. The van der Waals surface area contributed by atoms with Gasteiger partial charge in [0.1, 0.15) is 30.3 Å². The molecule has 4 rings (SSSR count). The van der Waals surface area contributed by atoms with Crippen molar-refractivity contribution in [3.8, 4) is 5.75 Å². The molecule has 9 nitrogen and oxygen atoms in total. The Morgan fingerprint density at radius 1 is 1.13 bits per heavy atom. The van der Waals surface area contributed by atoms with Crippen molar-refractivity contribution >= 4 is 46.2 Å². The molecule has 0 fully saturated rings. The molecule has 1 heterocycles. The van der Waals surface area contributed by atoms with Crippen LogP contribution in [0.25, 0.3) is 10.9 Å². The van der Waals surface area contributed by atoms with Crippen LogP contribution in [0.3, 0.4) is 0 Å². The third kappa shape index (κ3) is 8.36. The van der Waals surface area contributed by atoms with E-state index in [1.165, 1.54) is 18.5 Å². The van der Waals surface area contributed by atoms with Gasteiger partial charge < -0.3 is 20.3 Å². The lowest BCUT2D eigenvalue weighted by Crippen LogP contribution is -2.34. The van der Waals surface area contributed by atoms with Gasteiger partial charge in [0, 0.05) is 17.6 Å². The van der Waals surface area contributed by atoms with Gasteiger partial charge in [-0.25, -0.2) is 19.8 Å². The number of nitrogens with one attached hydrogen (secondary N) is 4. The van der Waals surface area contributed by atoms with E-state index in [4.69, 9.17) is 21.7 Å². The number of anilines is 2. The third-order valence-corrected chi connectivity index (χ3v) is 5.91. The number of nitrogens with zero attached hydrogens (tertiary/aromatic N) is 4. The molecule has 4 N–H and O–H groups in total. The zero-order valence-electron chi connectivity index (χ0n) is 21.7. The van der Waals surface area contributed by atoms with Gasteiger partial charge >= 0.3 is 0 Å². The van der Waals surface area contributed by atoms with Gasteiger partial charge in [0.25, 0.3) is 0 Å². The summed E-state index contributed by atoms with van der Waals surface area (Å²) in [5.41, 5.74) is 5.69. The quantitative estimate of drug-likeness (QED) is 0.0888. The number of fused-ring (bicyclic) bond motifs is 1. The van der Waals surface area contributed by atoms with E-state index in [1.807, 2.05) is 38.4 Å². The summed E-state index contributed by atoms with van der Waals surface area (Å²) in [7, 11) is 4.03. The van der Waals surface area contributed by atoms with Crippen LogP contribution in [0.2, 0.25) is 5.02 Å². The summed E-state index contributed by atoms with van der Waals surface area (Å²) < 4.78 is 19.2. The topological polar surface area (TPSA) is 111 Å². The Bertz CT molecular complexity index is 1460. The average molecular weight is 549 g/mol. The third-order valence-electron chi connectivity index (χ3n) is 5.61. The smallest absolute Gasteiger partial charge is 0.209 e. The van der Waals surface area contributed by atoms with E-state index < -0.39 is 0 Å². The molecule has 0 aliphatic heterocycles. The number of halogens is 2. The summed E-state index contributed by atoms with van der Waals surface area (Å²) in [5.74, 6) is 0.912. The van der Waals surface area contributed by atoms with Gasteiger partial charge in [-0.3, -0.25) is 5.41 Å². The fourth-order valence-corrected chi connectivity index (χ4v) is 3.93. The number of aromatic nitrogens is 2. The minimum atomic E-state index is -0.313. The molecule has 0 saturated carbocycles.